The Morgan fingerprint density at radius 3 is 1.74 bits per heavy atom. The average Bonchev–Trinajstić information content (AvgIpc) is 2.72. The summed E-state index contributed by atoms with van der Waals surface area (Å²) in [6.07, 6.45) is 18.1. The molecule has 0 heterocycles. The van der Waals surface area contributed by atoms with E-state index < -0.39 is 17.7 Å². The van der Waals surface area contributed by atoms with E-state index in [4.69, 9.17) is 4.74 Å². The second-order valence-corrected chi connectivity index (χ2v) is 9.45. The molecule has 1 unspecified atom stereocenters. The third kappa shape index (κ3) is 12.8. The summed E-state index contributed by atoms with van der Waals surface area (Å²) in [5, 5.41) is 20.2. The first kappa shape index (κ1) is 27.5. The minimum atomic E-state index is -1.11. The van der Waals surface area contributed by atoms with Crippen molar-refractivity contribution in [2.45, 2.75) is 129 Å². The predicted octanol–water partition coefficient (Wildman–Crippen LogP) is 7.56. The predicted molar refractivity (Wildman–Crippen MR) is 129 cm³/mol. The number of phenols is 1. The van der Waals surface area contributed by atoms with Crippen molar-refractivity contribution in [3.8, 4) is 5.75 Å². The maximum Gasteiger partial charge on any atom is 0.342 e. The van der Waals surface area contributed by atoms with Gasteiger partial charge in [-0.3, -0.25) is 0 Å². The molecule has 4 nitrogen and oxygen atoms in total. The third-order valence-corrected chi connectivity index (χ3v) is 5.98. The maximum absolute atomic E-state index is 12.4. The molecule has 1 aromatic carbocycles. The van der Waals surface area contributed by atoms with Crippen LogP contribution in [0.1, 0.15) is 127 Å². The molecular formula is C27H46O4. The standard InChI is InChI=1S/C27H46O4/c1-4-5-6-7-8-9-10-11-12-13-14-15-16-17-22-25(27(2,3)30)31-26(29)23-20-18-19-21-24(23)28/h18-21,25,28,30H,4-17,22H2,1-3H3. The van der Waals surface area contributed by atoms with Gasteiger partial charge in [0.1, 0.15) is 17.4 Å². The molecule has 31 heavy (non-hydrogen) atoms. The van der Waals surface area contributed by atoms with Crippen LogP contribution in [-0.4, -0.2) is 27.9 Å². The fourth-order valence-electron chi connectivity index (χ4n) is 3.92. The molecule has 0 fully saturated rings. The molecule has 0 aliphatic rings. The molecule has 0 aromatic heterocycles. The summed E-state index contributed by atoms with van der Waals surface area (Å²) in [5.41, 5.74) is -0.978. The fourth-order valence-corrected chi connectivity index (χ4v) is 3.92. The van der Waals surface area contributed by atoms with Gasteiger partial charge in [0, 0.05) is 0 Å². The Hall–Kier alpha value is -1.55. The van der Waals surface area contributed by atoms with Gasteiger partial charge in [0.25, 0.3) is 0 Å². The maximum atomic E-state index is 12.4. The number of hydrogen-bond acceptors (Lipinski definition) is 4. The number of unbranched alkanes of at least 4 members (excludes halogenated alkanes) is 13. The lowest BCUT2D eigenvalue weighted by molar-refractivity contribution is -0.0681. The quantitative estimate of drug-likeness (QED) is 0.185. The number of para-hydroxylation sites is 1. The number of carbonyl (C=O) groups is 1. The highest BCUT2D eigenvalue weighted by Gasteiger charge is 2.30. The molecule has 0 amide bonds. The Bertz CT molecular complexity index is 591. The Labute approximate surface area is 190 Å². The van der Waals surface area contributed by atoms with Crippen molar-refractivity contribution in [2.75, 3.05) is 0 Å². The smallest absolute Gasteiger partial charge is 0.342 e. The molecule has 4 heteroatoms. The van der Waals surface area contributed by atoms with Crippen molar-refractivity contribution in [2.24, 2.45) is 0 Å². The van der Waals surface area contributed by atoms with Crippen LogP contribution in [0.3, 0.4) is 0 Å². The molecule has 1 rings (SSSR count). The summed E-state index contributed by atoms with van der Waals surface area (Å²) in [4.78, 5) is 12.4. The van der Waals surface area contributed by atoms with Crippen molar-refractivity contribution in [1.29, 1.82) is 0 Å². The van der Waals surface area contributed by atoms with E-state index in [-0.39, 0.29) is 11.3 Å². The van der Waals surface area contributed by atoms with Gasteiger partial charge in [-0.05, 0) is 38.8 Å². The number of hydrogen-bond donors (Lipinski definition) is 2. The zero-order chi connectivity index (χ0) is 23.0. The Balaban J connectivity index is 2.14. The molecule has 0 saturated carbocycles. The molecule has 0 spiro atoms. The van der Waals surface area contributed by atoms with Crippen LogP contribution >= 0.6 is 0 Å². The number of benzene rings is 1. The largest absolute Gasteiger partial charge is 0.507 e. The summed E-state index contributed by atoms with van der Waals surface area (Å²) < 4.78 is 5.55. The lowest BCUT2D eigenvalue weighted by atomic mass is 9.95. The Morgan fingerprint density at radius 2 is 1.29 bits per heavy atom. The molecule has 0 bridgehead atoms. The summed E-state index contributed by atoms with van der Waals surface area (Å²) >= 11 is 0. The van der Waals surface area contributed by atoms with Gasteiger partial charge in [-0.2, -0.15) is 0 Å². The lowest BCUT2D eigenvalue weighted by Gasteiger charge is -2.29. The van der Waals surface area contributed by atoms with Gasteiger partial charge in [0.15, 0.2) is 0 Å². The number of carbonyl (C=O) groups excluding carboxylic acids is 1. The number of phenolic OH excluding ortho intramolecular Hbond substituents is 1. The first-order chi connectivity index (χ1) is 14.9. The minimum Gasteiger partial charge on any atom is -0.507 e. The van der Waals surface area contributed by atoms with Crippen molar-refractivity contribution >= 4 is 5.97 Å². The van der Waals surface area contributed by atoms with Crippen molar-refractivity contribution < 1.29 is 19.7 Å². The van der Waals surface area contributed by atoms with Crippen LogP contribution in [0.15, 0.2) is 24.3 Å². The molecule has 0 radical (unpaired) electrons. The van der Waals surface area contributed by atoms with Gasteiger partial charge in [0.05, 0.1) is 5.60 Å². The van der Waals surface area contributed by atoms with Gasteiger partial charge in [-0.25, -0.2) is 4.79 Å². The van der Waals surface area contributed by atoms with Crippen LogP contribution in [0.25, 0.3) is 0 Å². The van der Waals surface area contributed by atoms with Gasteiger partial charge >= 0.3 is 5.97 Å². The number of esters is 1. The summed E-state index contributed by atoms with van der Waals surface area (Å²) in [6.45, 7) is 5.60. The van der Waals surface area contributed by atoms with Crippen LogP contribution < -0.4 is 0 Å². The van der Waals surface area contributed by atoms with E-state index in [0.29, 0.717) is 6.42 Å². The van der Waals surface area contributed by atoms with E-state index in [1.807, 2.05) is 0 Å². The number of aliphatic hydroxyl groups is 1. The Morgan fingerprint density at radius 1 is 0.839 bits per heavy atom. The van der Waals surface area contributed by atoms with E-state index in [1.165, 1.54) is 89.2 Å². The molecule has 1 atom stereocenters. The van der Waals surface area contributed by atoms with Gasteiger partial charge in [0.2, 0.25) is 0 Å². The first-order valence-electron chi connectivity index (χ1n) is 12.6. The topological polar surface area (TPSA) is 66.8 Å². The van der Waals surface area contributed by atoms with Crippen molar-refractivity contribution in [1.82, 2.24) is 0 Å². The van der Waals surface area contributed by atoms with E-state index in [9.17, 15) is 15.0 Å². The first-order valence-corrected chi connectivity index (χ1v) is 12.6. The molecule has 2 N–H and O–H groups in total. The molecule has 178 valence electrons. The molecule has 1 aromatic rings. The van der Waals surface area contributed by atoms with E-state index in [0.717, 1.165) is 12.8 Å². The van der Waals surface area contributed by atoms with Crippen LogP contribution in [0.4, 0.5) is 0 Å². The third-order valence-electron chi connectivity index (χ3n) is 5.98. The van der Waals surface area contributed by atoms with Gasteiger partial charge < -0.3 is 14.9 Å². The summed E-state index contributed by atoms with van der Waals surface area (Å²) in [6, 6.07) is 6.34. The summed E-state index contributed by atoms with van der Waals surface area (Å²) in [7, 11) is 0. The minimum absolute atomic E-state index is 0.0986. The lowest BCUT2D eigenvalue weighted by Crippen LogP contribution is -2.39. The molecular weight excluding hydrogens is 388 g/mol. The van der Waals surface area contributed by atoms with Crippen LogP contribution in [-0.2, 0) is 4.74 Å². The highest BCUT2D eigenvalue weighted by Crippen LogP contribution is 2.24. The Kier molecular flexibility index (Phi) is 14.3. The van der Waals surface area contributed by atoms with E-state index in [1.54, 1.807) is 26.0 Å². The van der Waals surface area contributed by atoms with Crippen LogP contribution in [0, 0.1) is 0 Å². The second kappa shape index (κ2) is 16.1. The zero-order valence-electron chi connectivity index (χ0n) is 20.2. The normalized spacial score (nSPS) is 12.6. The molecule has 0 aliphatic heterocycles. The van der Waals surface area contributed by atoms with Crippen molar-refractivity contribution in [3.05, 3.63) is 29.8 Å². The van der Waals surface area contributed by atoms with Crippen molar-refractivity contribution in [3.63, 3.8) is 0 Å². The number of ether oxygens (including phenoxy) is 1. The molecule has 0 aliphatic carbocycles. The van der Waals surface area contributed by atoms with Gasteiger partial charge in [-0.1, -0.05) is 103 Å². The number of rotatable bonds is 18. The van der Waals surface area contributed by atoms with E-state index >= 15 is 0 Å². The fraction of sp³-hybridized carbons (Fsp3) is 0.741. The zero-order valence-corrected chi connectivity index (χ0v) is 20.2. The second-order valence-electron chi connectivity index (χ2n) is 9.45. The SMILES string of the molecule is CCCCCCCCCCCCCCCCC(OC(=O)c1ccccc1O)C(C)(C)O. The van der Waals surface area contributed by atoms with Gasteiger partial charge in [-0.15, -0.1) is 0 Å². The van der Waals surface area contributed by atoms with Crippen LogP contribution in [0.5, 0.6) is 5.75 Å². The average molecular weight is 435 g/mol. The van der Waals surface area contributed by atoms with Crippen LogP contribution in [0.2, 0.25) is 0 Å². The highest BCUT2D eigenvalue weighted by atomic mass is 16.6. The van der Waals surface area contributed by atoms with E-state index in [2.05, 4.69) is 6.92 Å². The highest BCUT2D eigenvalue weighted by molar-refractivity contribution is 5.92. The summed E-state index contributed by atoms with van der Waals surface area (Å²) in [5.74, 6) is -0.686. The molecule has 0 saturated heterocycles. The monoisotopic (exact) mass is 434 g/mol. The number of aromatic hydroxyl groups is 1.